The van der Waals surface area contributed by atoms with Gasteiger partial charge >= 0.3 is 0 Å². The van der Waals surface area contributed by atoms with E-state index in [1.54, 1.807) is 11.3 Å². The molecule has 1 aromatic heterocycles. The van der Waals surface area contributed by atoms with Gasteiger partial charge in [0.15, 0.2) is 0 Å². The molecule has 102 valence electrons. The third kappa shape index (κ3) is 3.64. The summed E-state index contributed by atoms with van der Waals surface area (Å²) in [5.41, 5.74) is 8.53. The van der Waals surface area contributed by atoms with Crippen molar-refractivity contribution in [3.63, 3.8) is 0 Å². The van der Waals surface area contributed by atoms with E-state index >= 15 is 0 Å². The number of hydrogen-bond acceptors (Lipinski definition) is 3. The molecular formula is C16H22N2S. The Labute approximate surface area is 119 Å². The minimum atomic E-state index is 0.125. The Hall–Kier alpha value is -1.19. The number of benzene rings is 1. The van der Waals surface area contributed by atoms with Crippen LogP contribution in [0.15, 0.2) is 35.7 Å². The van der Waals surface area contributed by atoms with Crippen LogP contribution >= 0.6 is 11.3 Å². The summed E-state index contributed by atoms with van der Waals surface area (Å²) in [4.78, 5) is 4.76. The Bertz CT molecular complexity index is 511. The van der Waals surface area contributed by atoms with Crippen molar-refractivity contribution in [3.8, 4) is 0 Å². The molecule has 0 radical (unpaired) electrons. The van der Waals surface area contributed by atoms with Crippen molar-refractivity contribution < 1.29 is 0 Å². The minimum Gasteiger partial charge on any atom is -0.330 e. The van der Waals surface area contributed by atoms with E-state index < -0.39 is 0 Å². The quantitative estimate of drug-likeness (QED) is 0.922. The number of rotatable bonds is 4. The molecule has 0 spiro atoms. The number of nitrogens with zero attached hydrogens (tertiary/aromatic N) is 1. The largest absolute Gasteiger partial charge is 0.330 e. The van der Waals surface area contributed by atoms with Crippen LogP contribution in [0.5, 0.6) is 0 Å². The number of nitrogens with two attached hydrogens (primary N) is 1. The first kappa shape index (κ1) is 14.2. The van der Waals surface area contributed by atoms with Gasteiger partial charge in [-0.25, -0.2) is 4.98 Å². The average Bonchev–Trinajstić information content (AvgIpc) is 2.85. The molecule has 2 N–H and O–H groups in total. The molecule has 0 aliphatic carbocycles. The van der Waals surface area contributed by atoms with Crippen molar-refractivity contribution in [3.05, 3.63) is 52.0 Å². The highest BCUT2D eigenvalue weighted by molar-refractivity contribution is 7.09. The zero-order valence-corrected chi connectivity index (χ0v) is 12.7. The molecule has 3 heteroatoms. The van der Waals surface area contributed by atoms with Crippen LogP contribution < -0.4 is 5.73 Å². The van der Waals surface area contributed by atoms with Crippen molar-refractivity contribution >= 4 is 11.3 Å². The first-order chi connectivity index (χ1) is 9.00. The second-order valence-corrected chi connectivity index (χ2v) is 6.87. The first-order valence-corrected chi connectivity index (χ1v) is 7.58. The van der Waals surface area contributed by atoms with E-state index in [1.807, 2.05) is 6.07 Å². The summed E-state index contributed by atoms with van der Waals surface area (Å²) in [7, 11) is 0. The molecule has 1 atom stereocenters. The molecule has 0 bridgehead atoms. The van der Waals surface area contributed by atoms with E-state index in [2.05, 4.69) is 50.4 Å². The highest BCUT2D eigenvalue weighted by Crippen LogP contribution is 2.27. The smallest absolute Gasteiger partial charge is 0.0935 e. The molecule has 0 fully saturated rings. The highest BCUT2D eigenvalue weighted by Gasteiger charge is 2.19. The van der Waals surface area contributed by atoms with Gasteiger partial charge in [0.2, 0.25) is 0 Å². The molecule has 0 aliphatic heterocycles. The van der Waals surface area contributed by atoms with E-state index in [-0.39, 0.29) is 5.41 Å². The Balaban J connectivity index is 2.13. The summed E-state index contributed by atoms with van der Waals surface area (Å²) >= 11 is 1.75. The van der Waals surface area contributed by atoms with Gasteiger partial charge in [-0.05, 0) is 12.1 Å². The zero-order chi connectivity index (χ0) is 13.9. The van der Waals surface area contributed by atoms with E-state index in [0.29, 0.717) is 12.5 Å². The third-order valence-corrected chi connectivity index (χ3v) is 4.17. The van der Waals surface area contributed by atoms with Crippen LogP contribution in [-0.2, 0) is 11.8 Å². The summed E-state index contributed by atoms with van der Waals surface area (Å²) in [5, 5.41) is 3.36. The summed E-state index contributed by atoms with van der Waals surface area (Å²) < 4.78 is 0. The van der Waals surface area contributed by atoms with Crippen LogP contribution in [0.4, 0.5) is 0 Å². The van der Waals surface area contributed by atoms with Gasteiger partial charge in [0.25, 0.3) is 0 Å². The Morgan fingerprint density at radius 2 is 1.89 bits per heavy atom. The molecule has 2 rings (SSSR count). The highest BCUT2D eigenvalue weighted by atomic mass is 32.1. The van der Waals surface area contributed by atoms with E-state index in [1.165, 1.54) is 16.3 Å². The second-order valence-electron chi connectivity index (χ2n) is 5.92. The maximum atomic E-state index is 5.92. The van der Waals surface area contributed by atoms with Crippen LogP contribution in [0.3, 0.4) is 0 Å². The standard InChI is InChI=1S/C16H22N2S/c1-16(2,3)14-11-19-15(18-14)9-13(10-17)12-7-5-4-6-8-12/h4-8,11,13H,9-10,17H2,1-3H3. The van der Waals surface area contributed by atoms with E-state index in [0.717, 1.165) is 6.42 Å². The van der Waals surface area contributed by atoms with Crippen molar-refractivity contribution in [1.82, 2.24) is 4.98 Å². The second kappa shape index (κ2) is 5.85. The summed E-state index contributed by atoms with van der Waals surface area (Å²) in [5.74, 6) is 0.361. The molecule has 1 aromatic carbocycles. The predicted molar refractivity (Wildman–Crippen MR) is 82.8 cm³/mol. The molecule has 1 unspecified atom stereocenters. The number of thiazole rings is 1. The lowest BCUT2D eigenvalue weighted by atomic mass is 9.93. The maximum absolute atomic E-state index is 5.92. The Morgan fingerprint density at radius 1 is 1.21 bits per heavy atom. The van der Waals surface area contributed by atoms with Crippen LogP contribution in [0.25, 0.3) is 0 Å². The lowest BCUT2D eigenvalue weighted by molar-refractivity contribution is 0.568. The van der Waals surface area contributed by atoms with Crippen LogP contribution in [-0.4, -0.2) is 11.5 Å². The molecule has 0 amide bonds. The van der Waals surface area contributed by atoms with Gasteiger partial charge < -0.3 is 5.73 Å². The molecular weight excluding hydrogens is 252 g/mol. The molecule has 0 aliphatic rings. The fourth-order valence-electron chi connectivity index (χ4n) is 2.02. The lowest BCUT2D eigenvalue weighted by Gasteiger charge is -2.15. The number of aromatic nitrogens is 1. The van der Waals surface area contributed by atoms with E-state index in [9.17, 15) is 0 Å². The predicted octanol–water partition coefficient (Wildman–Crippen LogP) is 3.73. The molecule has 0 saturated heterocycles. The van der Waals surface area contributed by atoms with Crippen LogP contribution in [0.2, 0.25) is 0 Å². The first-order valence-electron chi connectivity index (χ1n) is 6.70. The topological polar surface area (TPSA) is 38.9 Å². The summed E-state index contributed by atoms with van der Waals surface area (Å²) in [6.45, 7) is 7.25. The third-order valence-electron chi connectivity index (χ3n) is 3.30. The normalized spacial score (nSPS) is 13.5. The summed E-state index contributed by atoms with van der Waals surface area (Å²) in [6.07, 6.45) is 0.932. The average molecular weight is 274 g/mol. The SMILES string of the molecule is CC(C)(C)c1csc(CC(CN)c2ccccc2)n1. The fraction of sp³-hybridized carbons (Fsp3) is 0.438. The molecule has 2 nitrogen and oxygen atoms in total. The van der Waals surface area contributed by atoms with Crippen molar-refractivity contribution in [2.75, 3.05) is 6.54 Å². The molecule has 1 heterocycles. The fourth-order valence-corrected chi connectivity index (χ4v) is 3.12. The maximum Gasteiger partial charge on any atom is 0.0935 e. The van der Waals surface area contributed by atoms with Crippen molar-refractivity contribution in [2.24, 2.45) is 5.73 Å². The van der Waals surface area contributed by atoms with Gasteiger partial charge in [0, 0.05) is 23.1 Å². The summed E-state index contributed by atoms with van der Waals surface area (Å²) in [6, 6.07) is 10.5. The van der Waals surface area contributed by atoms with Gasteiger partial charge in [0.1, 0.15) is 0 Å². The minimum absolute atomic E-state index is 0.125. The van der Waals surface area contributed by atoms with E-state index in [4.69, 9.17) is 10.7 Å². The monoisotopic (exact) mass is 274 g/mol. The Kier molecular flexibility index (Phi) is 4.38. The molecule has 2 aromatic rings. The zero-order valence-electron chi connectivity index (χ0n) is 11.9. The van der Waals surface area contributed by atoms with Gasteiger partial charge in [-0.1, -0.05) is 51.1 Å². The van der Waals surface area contributed by atoms with Gasteiger partial charge in [0.05, 0.1) is 10.7 Å². The lowest BCUT2D eigenvalue weighted by Crippen LogP contribution is -2.15. The van der Waals surface area contributed by atoms with Crippen molar-refractivity contribution in [2.45, 2.75) is 38.5 Å². The van der Waals surface area contributed by atoms with Gasteiger partial charge in [-0.2, -0.15) is 0 Å². The molecule has 0 saturated carbocycles. The van der Waals surface area contributed by atoms with Crippen LogP contribution in [0, 0.1) is 0 Å². The molecule has 19 heavy (non-hydrogen) atoms. The van der Waals surface area contributed by atoms with Crippen LogP contribution in [0.1, 0.15) is 43.0 Å². The Morgan fingerprint density at radius 3 is 2.42 bits per heavy atom. The van der Waals surface area contributed by atoms with Crippen molar-refractivity contribution in [1.29, 1.82) is 0 Å². The van der Waals surface area contributed by atoms with Gasteiger partial charge in [-0.15, -0.1) is 11.3 Å². The van der Waals surface area contributed by atoms with Gasteiger partial charge in [-0.3, -0.25) is 0 Å². The number of hydrogen-bond donors (Lipinski definition) is 1.